The molecule has 5 aromatic carbocycles. The molecule has 0 bridgehead atoms. The lowest BCUT2D eigenvalue weighted by molar-refractivity contribution is 0.589. The van der Waals surface area contributed by atoms with Gasteiger partial charge in [-0.2, -0.15) is 0 Å². The van der Waals surface area contributed by atoms with Gasteiger partial charge in [-0.3, -0.25) is 4.90 Å². The van der Waals surface area contributed by atoms with Gasteiger partial charge in [-0.05, 0) is 122 Å². The van der Waals surface area contributed by atoms with Crippen molar-refractivity contribution in [3.05, 3.63) is 125 Å². The van der Waals surface area contributed by atoms with Crippen molar-refractivity contribution in [3.63, 3.8) is 0 Å². The number of benzene rings is 5. The topological polar surface area (TPSA) is 19.6 Å². The maximum absolute atomic E-state index is 7.10. The van der Waals surface area contributed by atoms with E-state index in [0.717, 1.165) is 17.2 Å². The van der Waals surface area contributed by atoms with E-state index in [4.69, 9.17) is 4.42 Å². The number of rotatable bonds is 2. The van der Waals surface area contributed by atoms with Crippen LogP contribution in [0.1, 0.15) is 111 Å². The first kappa shape index (κ1) is 35.3. The summed E-state index contributed by atoms with van der Waals surface area (Å²) in [6.45, 7) is 29.8. The lowest BCUT2D eigenvalue weighted by Crippen LogP contribution is -2.61. The quantitative estimate of drug-likeness (QED) is 0.168. The van der Waals surface area contributed by atoms with Crippen molar-refractivity contribution in [2.75, 3.05) is 9.80 Å². The molecular weight excluding hydrogens is 643 g/mol. The van der Waals surface area contributed by atoms with Gasteiger partial charge >= 0.3 is 0 Å². The van der Waals surface area contributed by atoms with Crippen LogP contribution in [-0.2, 0) is 21.7 Å². The summed E-state index contributed by atoms with van der Waals surface area (Å²) in [5, 5.41) is 1.20. The molecule has 4 heteroatoms. The van der Waals surface area contributed by atoms with Gasteiger partial charge in [0.05, 0.1) is 0 Å². The largest absolute Gasteiger partial charge is 0.440 e. The third kappa shape index (κ3) is 5.81. The second kappa shape index (κ2) is 11.7. The fraction of sp³-hybridized carbons (Fsp3) is 0.347. The van der Waals surface area contributed by atoms with Crippen LogP contribution >= 0.6 is 0 Å². The number of anilines is 6. The molecule has 2 aliphatic heterocycles. The van der Waals surface area contributed by atoms with Crippen molar-refractivity contribution >= 4 is 68.4 Å². The van der Waals surface area contributed by atoms with Crippen LogP contribution in [0, 0.1) is 6.92 Å². The number of fused-ring (bicyclic) bond motifs is 6. The molecule has 270 valence electrons. The fourth-order valence-electron chi connectivity index (χ4n) is 8.35. The standard InChI is InChI=1S/C49H55BN2O/c1-30-26-40-44-41(27-30)52(36-22-16-32(17-23-36)47(5,6)7)45-43(37-28-33(48(8,9)10)19-25-42(37)53-45)50(44)38-29-34(49(11,12)13)18-24-39(38)51(40)35-20-14-31(15-21-35)46(2,3)4/h14-29H,1-13H3. The van der Waals surface area contributed by atoms with E-state index in [2.05, 4.69) is 197 Å². The first-order valence-electron chi connectivity index (χ1n) is 19.4. The third-order valence-electron chi connectivity index (χ3n) is 11.5. The highest BCUT2D eigenvalue weighted by atomic mass is 16.4. The summed E-state index contributed by atoms with van der Waals surface area (Å²) in [5.74, 6) is 0.915. The van der Waals surface area contributed by atoms with Crippen LogP contribution in [0.2, 0.25) is 0 Å². The molecule has 0 radical (unpaired) electrons. The minimum absolute atomic E-state index is 0.00441. The highest BCUT2D eigenvalue weighted by molar-refractivity contribution is 7.01. The second-order valence-electron chi connectivity index (χ2n) is 19.7. The summed E-state index contributed by atoms with van der Waals surface area (Å²) in [4.78, 5) is 4.92. The molecule has 3 nitrogen and oxygen atoms in total. The molecule has 1 aromatic heterocycles. The van der Waals surface area contributed by atoms with E-state index >= 15 is 0 Å². The Bertz CT molecular complexity index is 2390. The van der Waals surface area contributed by atoms with Crippen LogP contribution in [-0.4, -0.2) is 6.71 Å². The van der Waals surface area contributed by atoms with Crippen LogP contribution in [0.4, 0.5) is 34.3 Å². The van der Waals surface area contributed by atoms with E-state index in [1.807, 2.05) is 0 Å². The molecule has 2 aliphatic rings. The number of nitrogens with zero attached hydrogens (tertiary/aromatic N) is 2. The highest BCUT2D eigenvalue weighted by Gasteiger charge is 2.46. The number of hydrogen-bond acceptors (Lipinski definition) is 3. The van der Waals surface area contributed by atoms with Gasteiger partial charge in [0.1, 0.15) is 5.58 Å². The van der Waals surface area contributed by atoms with Crippen LogP contribution in [0.5, 0.6) is 0 Å². The molecule has 53 heavy (non-hydrogen) atoms. The monoisotopic (exact) mass is 698 g/mol. The van der Waals surface area contributed by atoms with Crippen molar-refractivity contribution in [3.8, 4) is 0 Å². The average Bonchev–Trinajstić information content (AvgIpc) is 3.45. The van der Waals surface area contributed by atoms with E-state index in [9.17, 15) is 0 Å². The van der Waals surface area contributed by atoms with Crippen molar-refractivity contribution in [1.29, 1.82) is 0 Å². The molecular formula is C49H55BN2O. The molecule has 0 fully saturated rings. The average molecular weight is 699 g/mol. The number of aryl methyl sites for hydroxylation is 1. The lowest BCUT2D eigenvalue weighted by Gasteiger charge is -2.43. The summed E-state index contributed by atoms with van der Waals surface area (Å²) in [5.41, 5.74) is 17.4. The summed E-state index contributed by atoms with van der Waals surface area (Å²) in [6.07, 6.45) is 0. The zero-order chi connectivity index (χ0) is 38.0. The van der Waals surface area contributed by atoms with E-state index in [1.165, 1.54) is 72.3 Å². The highest BCUT2D eigenvalue weighted by Crippen LogP contribution is 2.47. The molecule has 0 saturated carbocycles. The molecule has 0 N–H and O–H groups in total. The molecule has 6 aromatic rings. The number of hydrogen-bond donors (Lipinski definition) is 0. The van der Waals surface area contributed by atoms with E-state index in [0.29, 0.717) is 0 Å². The lowest BCUT2D eigenvalue weighted by atomic mass is 9.33. The van der Waals surface area contributed by atoms with Gasteiger partial charge in [-0.25, -0.2) is 0 Å². The van der Waals surface area contributed by atoms with Gasteiger partial charge < -0.3 is 9.32 Å². The molecule has 0 spiro atoms. The van der Waals surface area contributed by atoms with Gasteiger partial charge in [-0.15, -0.1) is 0 Å². The Labute approximate surface area is 318 Å². The van der Waals surface area contributed by atoms with Crippen LogP contribution in [0.15, 0.2) is 101 Å². The van der Waals surface area contributed by atoms with E-state index < -0.39 is 0 Å². The van der Waals surface area contributed by atoms with Gasteiger partial charge in [0.15, 0.2) is 0 Å². The summed E-state index contributed by atoms with van der Waals surface area (Å²) in [7, 11) is 0. The Kier molecular flexibility index (Phi) is 7.77. The third-order valence-corrected chi connectivity index (χ3v) is 11.5. The molecule has 3 heterocycles. The van der Waals surface area contributed by atoms with Crippen molar-refractivity contribution < 1.29 is 4.42 Å². The van der Waals surface area contributed by atoms with E-state index in [1.54, 1.807) is 0 Å². The predicted octanol–water partition coefficient (Wildman–Crippen LogP) is 12.0. The molecule has 0 amide bonds. The zero-order valence-electron chi connectivity index (χ0n) is 34.1. The smallest absolute Gasteiger partial charge is 0.257 e. The molecule has 0 saturated heterocycles. The van der Waals surface area contributed by atoms with Gasteiger partial charge in [0, 0.05) is 39.3 Å². The van der Waals surface area contributed by atoms with Crippen LogP contribution < -0.4 is 26.2 Å². The fourth-order valence-corrected chi connectivity index (χ4v) is 8.35. The van der Waals surface area contributed by atoms with Crippen LogP contribution in [0.25, 0.3) is 11.0 Å². The SMILES string of the molecule is Cc1cc2c3c(c1)N(c1ccc(C(C)(C)C)cc1)c1oc4ccc(C(C)(C)C)cc4c1B3c1cc(C(C)(C)C)ccc1N2c1ccc(C(C)(C)C)cc1. The first-order chi connectivity index (χ1) is 24.7. The Hall–Kier alpha value is -4.70. The van der Waals surface area contributed by atoms with Crippen molar-refractivity contribution in [2.45, 2.75) is 112 Å². The minimum atomic E-state index is -0.0143. The number of furan rings is 1. The van der Waals surface area contributed by atoms with E-state index in [-0.39, 0.29) is 28.4 Å². The minimum Gasteiger partial charge on any atom is -0.440 e. The van der Waals surface area contributed by atoms with Gasteiger partial charge in [0.2, 0.25) is 5.88 Å². The second-order valence-corrected chi connectivity index (χ2v) is 19.7. The van der Waals surface area contributed by atoms with Crippen molar-refractivity contribution in [1.82, 2.24) is 0 Å². The zero-order valence-corrected chi connectivity index (χ0v) is 34.1. The Morgan fingerprint density at radius 1 is 0.453 bits per heavy atom. The Morgan fingerprint density at radius 2 is 0.906 bits per heavy atom. The predicted molar refractivity (Wildman–Crippen MR) is 230 cm³/mol. The Balaban J connectivity index is 1.48. The molecule has 0 aliphatic carbocycles. The summed E-state index contributed by atoms with van der Waals surface area (Å²) < 4.78 is 7.10. The normalized spacial score (nSPS) is 14.4. The summed E-state index contributed by atoms with van der Waals surface area (Å²) >= 11 is 0. The van der Waals surface area contributed by atoms with Gasteiger partial charge in [-0.1, -0.05) is 126 Å². The Morgan fingerprint density at radius 3 is 1.43 bits per heavy atom. The molecule has 0 atom stereocenters. The maximum atomic E-state index is 7.10. The van der Waals surface area contributed by atoms with Crippen molar-refractivity contribution in [2.24, 2.45) is 0 Å². The molecule has 8 rings (SSSR count). The van der Waals surface area contributed by atoms with Gasteiger partial charge in [0.25, 0.3) is 6.71 Å². The summed E-state index contributed by atoms with van der Waals surface area (Å²) in [6, 6.07) is 37.2. The van der Waals surface area contributed by atoms with Crippen LogP contribution in [0.3, 0.4) is 0 Å². The molecule has 0 unspecified atom stereocenters. The maximum Gasteiger partial charge on any atom is 0.257 e. The first-order valence-corrected chi connectivity index (χ1v) is 19.4.